The van der Waals surface area contributed by atoms with Crippen LogP contribution in [0.25, 0.3) is 11.3 Å². The summed E-state index contributed by atoms with van der Waals surface area (Å²) in [6.45, 7) is 3.00. The number of carbonyl (C=O) groups excluding carboxylic acids is 1. The van der Waals surface area contributed by atoms with Gasteiger partial charge in [0.25, 0.3) is 5.91 Å². The van der Waals surface area contributed by atoms with Crippen LogP contribution in [0.2, 0.25) is 0 Å². The van der Waals surface area contributed by atoms with E-state index in [4.69, 9.17) is 0 Å². The second kappa shape index (κ2) is 5.13. The van der Waals surface area contributed by atoms with Crippen LogP contribution in [0, 0.1) is 0 Å². The lowest BCUT2D eigenvalue weighted by Crippen LogP contribution is -2.33. The van der Waals surface area contributed by atoms with Crippen molar-refractivity contribution in [3.63, 3.8) is 0 Å². The highest BCUT2D eigenvalue weighted by Crippen LogP contribution is 2.22. The van der Waals surface area contributed by atoms with Gasteiger partial charge < -0.3 is 4.90 Å². The molecular weight excluding hydrogens is 256 g/mol. The van der Waals surface area contributed by atoms with Gasteiger partial charge in [0, 0.05) is 29.1 Å². The van der Waals surface area contributed by atoms with E-state index >= 15 is 0 Å². The predicted molar refractivity (Wildman–Crippen MR) is 77.3 cm³/mol. The van der Waals surface area contributed by atoms with Crippen LogP contribution < -0.4 is 0 Å². The first-order valence-corrected chi connectivity index (χ1v) is 7.49. The van der Waals surface area contributed by atoms with E-state index in [0.717, 1.165) is 36.2 Å². The van der Waals surface area contributed by atoms with Crippen molar-refractivity contribution in [3.05, 3.63) is 40.7 Å². The topological polar surface area (TPSA) is 33.2 Å². The van der Waals surface area contributed by atoms with Crippen LogP contribution in [0.15, 0.2) is 35.2 Å². The maximum atomic E-state index is 12.4. The Bertz CT molecular complexity index is 562. The highest BCUT2D eigenvalue weighted by atomic mass is 32.1. The third-order valence-corrected chi connectivity index (χ3v) is 4.26. The number of hydrogen-bond donors (Lipinski definition) is 0. The lowest BCUT2D eigenvalue weighted by molar-refractivity contribution is 0.0747. The Morgan fingerprint density at radius 3 is 2.74 bits per heavy atom. The molecule has 0 spiro atoms. The van der Waals surface area contributed by atoms with E-state index in [2.05, 4.69) is 11.9 Å². The Labute approximate surface area is 116 Å². The molecule has 19 heavy (non-hydrogen) atoms. The number of thiazole rings is 1. The van der Waals surface area contributed by atoms with E-state index in [1.807, 2.05) is 40.1 Å². The SMILES string of the molecule is C[C@@H]1CCCN1C(=O)c1ccc(-c2cscn2)cc1. The maximum absolute atomic E-state index is 12.4. The average molecular weight is 272 g/mol. The summed E-state index contributed by atoms with van der Waals surface area (Å²) in [5.41, 5.74) is 4.62. The standard InChI is InChI=1S/C15H16N2OS/c1-11-3-2-8-17(11)15(18)13-6-4-12(5-7-13)14-9-19-10-16-14/h4-7,9-11H,2-3,8H2,1H3/t11-/m1/s1. The van der Waals surface area contributed by atoms with Crippen molar-refractivity contribution in [1.82, 2.24) is 9.88 Å². The number of amides is 1. The van der Waals surface area contributed by atoms with Crippen LogP contribution in [0.1, 0.15) is 30.1 Å². The van der Waals surface area contributed by atoms with Crippen molar-refractivity contribution < 1.29 is 4.79 Å². The first-order chi connectivity index (χ1) is 9.25. The molecule has 0 aliphatic carbocycles. The molecule has 1 aliphatic rings. The monoisotopic (exact) mass is 272 g/mol. The van der Waals surface area contributed by atoms with Crippen LogP contribution in [-0.2, 0) is 0 Å². The smallest absolute Gasteiger partial charge is 0.254 e. The van der Waals surface area contributed by atoms with Crippen LogP contribution in [-0.4, -0.2) is 28.4 Å². The number of benzene rings is 1. The molecule has 1 fully saturated rings. The first-order valence-electron chi connectivity index (χ1n) is 6.55. The molecule has 0 radical (unpaired) electrons. The minimum Gasteiger partial charge on any atom is -0.336 e. The number of hydrogen-bond acceptors (Lipinski definition) is 3. The van der Waals surface area contributed by atoms with Crippen LogP contribution in [0.5, 0.6) is 0 Å². The van der Waals surface area contributed by atoms with E-state index in [9.17, 15) is 4.79 Å². The van der Waals surface area contributed by atoms with Gasteiger partial charge in [0.2, 0.25) is 0 Å². The molecule has 0 bridgehead atoms. The summed E-state index contributed by atoms with van der Waals surface area (Å²) in [4.78, 5) is 18.6. The molecule has 2 aromatic rings. The quantitative estimate of drug-likeness (QED) is 0.839. The molecule has 1 amide bonds. The molecule has 3 nitrogen and oxygen atoms in total. The number of nitrogens with zero attached hydrogens (tertiary/aromatic N) is 2. The zero-order valence-electron chi connectivity index (χ0n) is 10.9. The third-order valence-electron chi connectivity index (χ3n) is 3.67. The van der Waals surface area contributed by atoms with Crippen molar-refractivity contribution in [3.8, 4) is 11.3 Å². The highest BCUT2D eigenvalue weighted by Gasteiger charge is 2.25. The average Bonchev–Trinajstić information content (AvgIpc) is 3.09. The largest absolute Gasteiger partial charge is 0.336 e. The number of rotatable bonds is 2. The van der Waals surface area contributed by atoms with Crippen molar-refractivity contribution in [2.45, 2.75) is 25.8 Å². The predicted octanol–water partition coefficient (Wildman–Crippen LogP) is 3.43. The Hall–Kier alpha value is -1.68. The van der Waals surface area contributed by atoms with Gasteiger partial charge in [0.1, 0.15) is 0 Å². The van der Waals surface area contributed by atoms with Crippen molar-refractivity contribution in [1.29, 1.82) is 0 Å². The Morgan fingerprint density at radius 1 is 1.37 bits per heavy atom. The summed E-state index contributed by atoms with van der Waals surface area (Å²) in [5.74, 6) is 0.148. The zero-order valence-corrected chi connectivity index (χ0v) is 11.7. The molecule has 1 saturated heterocycles. The van der Waals surface area contributed by atoms with E-state index in [0.29, 0.717) is 6.04 Å². The van der Waals surface area contributed by atoms with Crippen LogP contribution >= 0.6 is 11.3 Å². The molecule has 1 aromatic heterocycles. The molecule has 0 unspecified atom stereocenters. The molecule has 4 heteroatoms. The molecule has 98 valence electrons. The minimum absolute atomic E-state index is 0.148. The zero-order chi connectivity index (χ0) is 13.2. The fraction of sp³-hybridized carbons (Fsp3) is 0.333. The van der Waals surface area contributed by atoms with Crippen molar-refractivity contribution in [2.75, 3.05) is 6.54 Å². The highest BCUT2D eigenvalue weighted by molar-refractivity contribution is 7.07. The molecule has 2 heterocycles. The lowest BCUT2D eigenvalue weighted by Gasteiger charge is -2.21. The first kappa shape index (κ1) is 12.4. The van der Waals surface area contributed by atoms with Crippen LogP contribution in [0.3, 0.4) is 0 Å². The number of likely N-dealkylation sites (tertiary alicyclic amines) is 1. The van der Waals surface area contributed by atoms with Gasteiger partial charge >= 0.3 is 0 Å². The van der Waals surface area contributed by atoms with Gasteiger partial charge in [0.15, 0.2) is 0 Å². The van der Waals surface area contributed by atoms with Gasteiger partial charge in [-0.3, -0.25) is 4.79 Å². The Kier molecular flexibility index (Phi) is 3.34. The summed E-state index contributed by atoms with van der Waals surface area (Å²) in [6, 6.07) is 8.13. The Balaban J connectivity index is 1.81. The summed E-state index contributed by atoms with van der Waals surface area (Å²) in [5, 5.41) is 2.01. The molecule has 3 rings (SSSR count). The van der Waals surface area contributed by atoms with Crippen molar-refractivity contribution in [2.24, 2.45) is 0 Å². The second-order valence-corrected chi connectivity index (χ2v) is 5.66. The van der Waals surface area contributed by atoms with Gasteiger partial charge in [-0.2, -0.15) is 0 Å². The van der Waals surface area contributed by atoms with Crippen LogP contribution in [0.4, 0.5) is 0 Å². The maximum Gasteiger partial charge on any atom is 0.254 e. The summed E-state index contributed by atoms with van der Waals surface area (Å²) in [6.07, 6.45) is 2.23. The van der Waals surface area contributed by atoms with Gasteiger partial charge in [0.05, 0.1) is 11.2 Å². The molecule has 1 atom stereocenters. The molecule has 1 aliphatic heterocycles. The van der Waals surface area contributed by atoms with Crippen molar-refractivity contribution >= 4 is 17.2 Å². The van der Waals surface area contributed by atoms with E-state index in [-0.39, 0.29) is 5.91 Å². The van der Waals surface area contributed by atoms with Gasteiger partial charge in [-0.1, -0.05) is 12.1 Å². The second-order valence-electron chi connectivity index (χ2n) is 4.94. The number of aromatic nitrogens is 1. The fourth-order valence-corrected chi connectivity index (χ4v) is 3.10. The van der Waals surface area contributed by atoms with Gasteiger partial charge in [-0.25, -0.2) is 4.98 Å². The Morgan fingerprint density at radius 2 is 2.16 bits per heavy atom. The van der Waals surface area contributed by atoms with E-state index in [1.54, 1.807) is 11.3 Å². The van der Waals surface area contributed by atoms with E-state index < -0.39 is 0 Å². The normalized spacial score (nSPS) is 18.8. The summed E-state index contributed by atoms with van der Waals surface area (Å²) < 4.78 is 0. The van der Waals surface area contributed by atoms with E-state index in [1.165, 1.54) is 0 Å². The molecule has 1 aromatic carbocycles. The molecular formula is C15H16N2OS. The minimum atomic E-state index is 0.148. The lowest BCUT2D eigenvalue weighted by atomic mass is 10.1. The third kappa shape index (κ3) is 2.40. The summed E-state index contributed by atoms with van der Waals surface area (Å²) in [7, 11) is 0. The molecule has 0 N–H and O–H groups in total. The molecule has 0 saturated carbocycles. The fourth-order valence-electron chi connectivity index (χ4n) is 2.54. The van der Waals surface area contributed by atoms with Gasteiger partial charge in [-0.05, 0) is 31.9 Å². The van der Waals surface area contributed by atoms with Gasteiger partial charge in [-0.15, -0.1) is 11.3 Å². The number of carbonyl (C=O) groups is 1. The summed E-state index contributed by atoms with van der Waals surface area (Å²) >= 11 is 1.58.